The molecular weight excluding hydrogens is 190 g/mol. The summed E-state index contributed by atoms with van der Waals surface area (Å²) in [6.07, 6.45) is 4.52. The van der Waals surface area contributed by atoms with Crippen LogP contribution < -0.4 is 5.32 Å². The molecule has 1 heterocycles. The summed E-state index contributed by atoms with van der Waals surface area (Å²) in [6.45, 7) is 0.969. The summed E-state index contributed by atoms with van der Waals surface area (Å²) in [5, 5.41) is 3.53. The van der Waals surface area contributed by atoms with Crippen LogP contribution in [0.15, 0.2) is 42.5 Å². The van der Waals surface area contributed by atoms with Gasteiger partial charge in [-0.2, -0.15) is 11.8 Å². The van der Waals surface area contributed by atoms with Gasteiger partial charge in [0.15, 0.2) is 0 Å². The Morgan fingerprint density at radius 1 is 1.29 bits per heavy atom. The number of benzene rings is 1. The molecule has 0 aromatic heterocycles. The van der Waals surface area contributed by atoms with E-state index in [1.54, 1.807) is 0 Å². The normalized spacial score (nSPS) is 21.0. The van der Waals surface area contributed by atoms with Crippen molar-refractivity contribution in [3.05, 3.63) is 48.0 Å². The molecule has 1 nitrogen and oxygen atoms in total. The number of thioether (sulfide) groups is 1. The van der Waals surface area contributed by atoms with Gasteiger partial charge in [-0.3, -0.25) is 0 Å². The maximum absolute atomic E-state index is 3.53. The third-order valence-electron chi connectivity index (χ3n) is 2.29. The van der Waals surface area contributed by atoms with Crippen molar-refractivity contribution in [3.8, 4) is 0 Å². The second kappa shape index (κ2) is 5.23. The van der Waals surface area contributed by atoms with Crippen molar-refractivity contribution in [2.75, 3.05) is 11.5 Å². The lowest BCUT2D eigenvalue weighted by Crippen LogP contribution is -2.30. The molecular formula is C12H15NS. The van der Waals surface area contributed by atoms with Crippen LogP contribution in [-0.2, 0) is 6.54 Å². The molecule has 2 rings (SSSR count). The van der Waals surface area contributed by atoms with E-state index in [0.717, 1.165) is 6.54 Å². The standard InChI is InChI=1S/C12H15NS/c1-2-5-11(6-3-1)9-13-12-7-4-8-14-10-12/h1-7,12-13H,8-10H2/t12-/m0/s1. The number of hydrogen-bond donors (Lipinski definition) is 1. The van der Waals surface area contributed by atoms with Crippen LogP contribution in [0.25, 0.3) is 0 Å². The van der Waals surface area contributed by atoms with Gasteiger partial charge in [-0.1, -0.05) is 42.5 Å². The van der Waals surface area contributed by atoms with Gasteiger partial charge in [0, 0.05) is 24.1 Å². The molecule has 74 valence electrons. The van der Waals surface area contributed by atoms with Gasteiger partial charge < -0.3 is 5.32 Å². The highest BCUT2D eigenvalue weighted by Gasteiger charge is 2.06. The molecule has 1 aliphatic heterocycles. The van der Waals surface area contributed by atoms with Gasteiger partial charge in [-0.15, -0.1) is 0 Å². The number of hydrogen-bond acceptors (Lipinski definition) is 2. The minimum Gasteiger partial charge on any atom is -0.306 e. The SMILES string of the molecule is C1=C[C@H](NCc2ccccc2)CSC1. The molecule has 0 spiro atoms. The van der Waals surface area contributed by atoms with Crippen LogP contribution in [0.5, 0.6) is 0 Å². The summed E-state index contributed by atoms with van der Waals surface area (Å²) in [5.74, 6) is 2.37. The van der Waals surface area contributed by atoms with Gasteiger partial charge in [0.25, 0.3) is 0 Å². The van der Waals surface area contributed by atoms with Crippen LogP contribution in [0.4, 0.5) is 0 Å². The van der Waals surface area contributed by atoms with Crippen LogP contribution in [0.1, 0.15) is 5.56 Å². The Morgan fingerprint density at radius 2 is 2.14 bits per heavy atom. The molecule has 0 aliphatic carbocycles. The summed E-state index contributed by atoms with van der Waals surface area (Å²) in [7, 11) is 0. The van der Waals surface area contributed by atoms with E-state index >= 15 is 0 Å². The Hall–Kier alpha value is -0.730. The average molecular weight is 205 g/mol. The molecule has 0 amide bonds. The second-order valence-electron chi connectivity index (χ2n) is 3.44. The highest BCUT2D eigenvalue weighted by molar-refractivity contribution is 7.99. The average Bonchev–Trinajstić information content (AvgIpc) is 2.29. The molecule has 0 saturated heterocycles. The van der Waals surface area contributed by atoms with E-state index < -0.39 is 0 Å². The minimum atomic E-state index is 0.550. The third kappa shape index (κ3) is 2.89. The van der Waals surface area contributed by atoms with E-state index in [1.165, 1.54) is 17.1 Å². The monoisotopic (exact) mass is 205 g/mol. The molecule has 0 bridgehead atoms. The van der Waals surface area contributed by atoms with Crippen molar-refractivity contribution in [2.24, 2.45) is 0 Å². The lowest BCUT2D eigenvalue weighted by atomic mass is 10.2. The molecule has 0 radical (unpaired) electrons. The summed E-state index contributed by atoms with van der Waals surface area (Å²) in [4.78, 5) is 0. The molecule has 2 heteroatoms. The van der Waals surface area contributed by atoms with E-state index in [-0.39, 0.29) is 0 Å². The maximum Gasteiger partial charge on any atom is 0.0344 e. The van der Waals surface area contributed by atoms with E-state index in [4.69, 9.17) is 0 Å². The Bertz CT molecular complexity index is 294. The van der Waals surface area contributed by atoms with Gasteiger partial charge in [-0.05, 0) is 5.56 Å². The van der Waals surface area contributed by atoms with Gasteiger partial charge in [0.05, 0.1) is 0 Å². The molecule has 1 N–H and O–H groups in total. The first kappa shape index (κ1) is 9.81. The topological polar surface area (TPSA) is 12.0 Å². The molecule has 14 heavy (non-hydrogen) atoms. The number of rotatable bonds is 3. The maximum atomic E-state index is 3.53. The van der Waals surface area contributed by atoms with Crippen molar-refractivity contribution in [2.45, 2.75) is 12.6 Å². The fraction of sp³-hybridized carbons (Fsp3) is 0.333. The summed E-state index contributed by atoms with van der Waals surface area (Å²) < 4.78 is 0. The molecule has 0 unspecified atom stereocenters. The first-order valence-electron chi connectivity index (χ1n) is 4.97. The fourth-order valence-corrected chi connectivity index (χ4v) is 2.38. The quantitative estimate of drug-likeness (QED) is 0.761. The zero-order valence-corrected chi connectivity index (χ0v) is 8.96. The Kier molecular flexibility index (Phi) is 3.66. The van der Waals surface area contributed by atoms with E-state index in [1.807, 2.05) is 11.8 Å². The fourth-order valence-electron chi connectivity index (χ4n) is 1.51. The van der Waals surface area contributed by atoms with Crippen LogP contribution in [0.3, 0.4) is 0 Å². The predicted octanol–water partition coefficient (Wildman–Crippen LogP) is 2.45. The molecule has 1 aromatic rings. The first-order chi connectivity index (χ1) is 6.95. The molecule has 1 atom stereocenters. The van der Waals surface area contributed by atoms with E-state index in [0.29, 0.717) is 6.04 Å². The Balaban J connectivity index is 1.82. The van der Waals surface area contributed by atoms with Crippen molar-refractivity contribution in [1.82, 2.24) is 5.32 Å². The zero-order valence-electron chi connectivity index (χ0n) is 8.15. The summed E-state index contributed by atoms with van der Waals surface area (Å²) in [6, 6.07) is 11.1. The van der Waals surface area contributed by atoms with Gasteiger partial charge in [-0.25, -0.2) is 0 Å². The van der Waals surface area contributed by atoms with Crippen LogP contribution >= 0.6 is 11.8 Å². The first-order valence-corrected chi connectivity index (χ1v) is 6.12. The van der Waals surface area contributed by atoms with Gasteiger partial charge in [0.1, 0.15) is 0 Å². The van der Waals surface area contributed by atoms with Gasteiger partial charge >= 0.3 is 0 Å². The van der Waals surface area contributed by atoms with Crippen LogP contribution in [0, 0.1) is 0 Å². The van der Waals surface area contributed by atoms with Crippen molar-refractivity contribution < 1.29 is 0 Å². The molecule has 0 fully saturated rings. The van der Waals surface area contributed by atoms with Crippen molar-refractivity contribution in [1.29, 1.82) is 0 Å². The summed E-state index contributed by atoms with van der Waals surface area (Å²) in [5.41, 5.74) is 1.36. The molecule has 0 saturated carbocycles. The van der Waals surface area contributed by atoms with Crippen LogP contribution in [0.2, 0.25) is 0 Å². The Labute approximate surface area is 89.6 Å². The van der Waals surface area contributed by atoms with Gasteiger partial charge in [0.2, 0.25) is 0 Å². The largest absolute Gasteiger partial charge is 0.306 e. The summed E-state index contributed by atoms with van der Waals surface area (Å²) >= 11 is 1.99. The zero-order chi connectivity index (χ0) is 9.64. The highest BCUT2D eigenvalue weighted by atomic mass is 32.2. The van der Waals surface area contributed by atoms with Crippen LogP contribution in [-0.4, -0.2) is 17.5 Å². The smallest absolute Gasteiger partial charge is 0.0344 e. The lowest BCUT2D eigenvalue weighted by molar-refractivity contribution is 0.637. The highest BCUT2D eigenvalue weighted by Crippen LogP contribution is 2.10. The molecule has 1 aromatic carbocycles. The number of nitrogens with one attached hydrogen (secondary N) is 1. The van der Waals surface area contributed by atoms with Crippen molar-refractivity contribution >= 4 is 11.8 Å². The third-order valence-corrected chi connectivity index (χ3v) is 3.31. The van der Waals surface area contributed by atoms with E-state index in [2.05, 4.69) is 47.8 Å². The Morgan fingerprint density at radius 3 is 2.86 bits per heavy atom. The second-order valence-corrected chi connectivity index (χ2v) is 4.51. The lowest BCUT2D eigenvalue weighted by Gasteiger charge is -2.17. The molecule has 1 aliphatic rings. The van der Waals surface area contributed by atoms with E-state index in [9.17, 15) is 0 Å². The predicted molar refractivity (Wildman–Crippen MR) is 63.5 cm³/mol. The minimum absolute atomic E-state index is 0.550. The van der Waals surface area contributed by atoms with Crippen molar-refractivity contribution in [3.63, 3.8) is 0 Å².